The van der Waals surface area contributed by atoms with Crippen LogP contribution in [0.4, 0.5) is 5.82 Å². The summed E-state index contributed by atoms with van der Waals surface area (Å²) in [6, 6.07) is 4.60. The maximum absolute atomic E-state index is 4.46. The summed E-state index contributed by atoms with van der Waals surface area (Å²) in [6.45, 7) is 0. The monoisotopic (exact) mass is 284 g/mol. The maximum atomic E-state index is 4.46. The highest BCUT2D eigenvalue weighted by molar-refractivity contribution is 7.25. The van der Waals surface area contributed by atoms with E-state index >= 15 is 0 Å². The van der Waals surface area contributed by atoms with Gasteiger partial charge < -0.3 is 5.32 Å². The molecule has 0 aliphatic heterocycles. The van der Waals surface area contributed by atoms with Gasteiger partial charge in [0.2, 0.25) is 0 Å². The van der Waals surface area contributed by atoms with Crippen LogP contribution in [0.5, 0.6) is 0 Å². The third kappa shape index (κ3) is 2.02. The van der Waals surface area contributed by atoms with Crippen molar-refractivity contribution in [1.29, 1.82) is 0 Å². The molecule has 5 heteroatoms. The summed E-state index contributed by atoms with van der Waals surface area (Å²) in [7, 11) is 0. The van der Waals surface area contributed by atoms with Gasteiger partial charge in [0.05, 0.1) is 10.2 Å². The fourth-order valence-electron chi connectivity index (χ4n) is 2.95. The number of thiophene rings is 1. The first kappa shape index (κ1) is 12.0. The molecular formula is C15H16N4S. The standard InChI is InChI=1S/C15H16N4S/c1-2-5-10(6-3-1)19-14-13-12(17-9-18-14)11-7-4-8-16-15(11)20-13/h4,7-10H,1-3,5-6H2,(H,17,18,19). The van der Waals surface area contributed by atoms with Gasteiger partial charge in [-0.1, -0.05) is 19.3 Å². The molecule has 3 heterocycles. The van der Waals surface area contributed by atoms with Gasteiger partial charge in [0.25, 0.3) is 0 Å². The minimum absolute atomic E-state index is 0.556. The third-order valence-corrected chi connectivity index (χ3v) is 5.08. The molecule has 3 aromatic heterocycles. The normalized spacial score (nSPS) is 16.8. The molecule has 1 aliphatic carbocycles. The molecule has 0 bridgehead atoms. The minimum Gasteiger partial charge on any atom is -0.366 e. The molecule has 0 spiro atoms. The van der Waals surface area contributed by atoms with Crippen LogP contribution in [-0.4, -0.2) is 21.0 Å². The Balaban J connectivity index is 1.78. The van der Waals surface area contributed by atoms with Crippen LogP contribution >= 0.6 is 11.3 Å². The first-order chi connectivity index (χ1) is 9.92. The molecule has 1 aliphatic rings. The largest absolute Gasteiger partial charge is 0.366 e. The van der Waals surface area contributed by atoms with Crippen LogP contribution in [0.1, 0.15) is 32.1 Å². The van der Waals surface area contributed by atoms with Crippen molar-refractivity contribution in [1.82, 2.24) is 15.0 Å². The summed E-state index contributed by atoms with van der Waals surface area (Å²) in [6.07, 6.45) is 9.99. The SMILES string of the molecule is c1cnc2sc3c(NC4CCCCC4)ncnc3c2c1. The molecule has 1 fully saturated rings. The number of pyridine rings is 1. The molecule has 102 valence electrons. The number of hydrogen-bond acceptors (Lipinski definition) is 5. The lowest BCUT2D eigenvalue weighted by Gasteiger charge is -2.23. The topological polar surface area (TPSA) is 50.7 Å². The van der Waals surface area contributed by atoms with E-state index in [2.05, 4.69) is 26.3 Å². The predicted molar refractivity (Wildman–Crippen MR) is 83.2 cm³/mol. The Bertz CT molecular complexity index is 746. The number of rotatable bonds is 2. The lowest BCUT2D eigenvalue weighted by molar-refractivity contribution is 0.462. The summed E-state index contributed by atoms with van der Waals surface area (Å²) in [5.74, 6) is 0.977. The van der Waals surface area contributed by atoms with Crippen molar-refractivity contribution >= 4 is 37.6 Å². The first-order valence-corrected chi connectivity index (χ1v) is 7.98. The molecule has 0 amide bonds. The quantitative estimate of drug-likeness (QED) is 0.773. The summed E-state index contributed by atoms with van der Waals surface area (Å²) in [4.78, 5) is 14.4. The van der Waals surface area contributed by atoms with E-state index in [9.17, 15) is 0 Å². The molecule has 20 heavy (non-hydrogen) atoms. The number of hydrogen-bond donors (Lipinski definition) is 1. The predicted octanol–water partition coefficient (Wildman–Crippen LogP) is 3.98. The van der Waals surface area contributed by atoms with Gasteiger partial charge in [-0.05, 0) is 25.0 Å². The highest BCUT2D eigenvalue weighted by Crippen LogP contribution is 2.35. The number of nitrogens with one attached hydrogen (secondary N) is 1. The van der Waals surface area contributed by atoms with E-state index in [1.54, 1.807) is 17.7 Å². The van der Waals surface area contributed by atoms with Crippen molar-refractivity contribution in [3.05, 3.63) is 24.7 Å². The van der Waals surface area contributed by atoms with Crippen molar-refractivity contribution in [2.75, 3.05) is 5.32 Å². The van der Waals surface area contributed by atoms with Crippen molar-refractivity contribution in [3.63, 3.8) is 0 Å². The van der Waals surface area contributed by atoms with Crippen molar-refractivity contribution in [3.8, 4) is 0 Å². The Hall–Kier alpha value is -1.75. The second kappa shape index (κ2) is 4.98. The smallest absolute Gasteiger partial charge is 0.147 e. The zero-order valence-corrected chi connectivity index (χ0v) is 12.0. The average Bonchev–Trinajstić information content (AvgIpc) is 2.88. The molecule has 0 atom stereocenters. The summed E-state index contributed by atoms with van der Waals surface area (Å²) in [5.41, 5.74) is 1.02. The number of nitrogens with zero attached hydrogens (tertiary/aromatic N) is 3. The maximum Gasteiger partial charge on any atom is 0.147 e. The van der Waals surface area contributed by atoms with Crippen LogP contribution in [0.15, 0.2) is 24.7 Å². The number of aromatic nitrogens is 3. The summed E-state index contributed by atoms with van der Waals surface area (Å²) in [5, 5.41) is 4.74. The highest BCUT2D eigenvalue weighted by Gasteiger charge is 2.17. The zero-order valence-electron chi connectivity index (χ0n) is 11.2. The van der Waals surface area contributed by atoms with Crippen molar-refractivity contribution < 1.29 is 0 Å². The van der Waals surface area contributed by atoms with Gasteiger partial charge in [0, 0.05) is 17.6 Å². The molecule has 3 aromatic rings. The fraction of sp³-hybridized carbons (Fsp3) is 0.400. The van der Waals surface area contributed by atoms with Crippen molar-refractivity contribution in [2.45, 2.75) is 38.1 Å². The lowest BCUT2D eigenvalue weighted by Crippen LogP contribution is -2.22. The molecular weight excluding hydrogens is 268 g/mol. The van der Waals surface area contributed by atoms with Crippen LogP contribution in [0.3, 0.4) is 0 Å². The van der Waals surface area contributed by atoms with E-state index < -0.39 is 0 Å². The van der Waals surface area contributed by atoms with Gasteiger partial charge in [-0.2, -0.15) is 0 Å². The van der Waals surface area contributed by atoms with Gasteiger partial charge in [0.1, 0.15) is 17.0 Å². The Kier molecular flexibility index (Phi) is 2.99. The number of anilines is 1. The second-order valence-corrected chi connectivity index (χ2v) is 6.34. The molecule has 0 aromatic carbocycles. The van der Waals surface area contributed by atoms with E-state index in [-0.39, 0.29) is 0 Å². The average molecular weight is 284 g/mol. The van der Waals surface area contributed by atoms with E-state index in [4.69, 9.17) is 0 Å². The fourth-order valence-corrected chi connectivity index (χ4v) is 4.00. The second-order valence-electron chi connectivity index (χ2n) is 5.34. The Morgan fingerprint density at radius 2 is 2.00 bits per heavy atom. The molecule has 0 radical (unpaired) electrons. The molecule has 1 saturated carbocycles. The van der Waals surface area contributed by atoms with Crippen LogP contribution in [0, 0.1) is 0 Å². The molecule has 1 N–H and O–H groups in total. The minimum atomic E-state index is 0.556. The molecule has 4 rings (SSSR count). The van der Waals surface area contributed by atoms with Gasteiger partial charge in [-0.3, -0.25) is 0 Å². The van der Waals surface area contributed by atoms with E-state index in [1.165, 1.54) is 32.1 Å². The van der Waals surface area contributed by atoms with Gasteiger partial charge >= 0.3 is 0 Å². The summed E-state index contributed by atoms with van der Waals surface area (Å²) < 4.78 is 1.13. The number of fused-ring (bicyclic) bond motifs is 3. The van der Waals surface area contributed by atoms with E-state index in [0.717, 1.165) is 26.3 Å². The summed E-state index contributed by atoms with van der Waals surface area (Å²) >= 11 is 1.68. The van der Waals surface area contributed by atoms with Gasteiger partial charge in [0.15, 0.2) is 0 Å². The van der Waals surface area contributed by atoms with Crippen LogP contribution in [-0.2, 0) is 0 Å². The van der Waals surface area contributed by atoms with Crippen LogP contribution in [0.25, 0.3) is 20.4 Å². The van der Waals surface area contributed by atoms with E-state index in [1.807, 2.05) is 12.3 Å². The van der Waals surface area contributed by atoms with E-state index in [0.29, 0.717) is 6.04 Å². The Morgan fingerprint density at radius 1 is 1.10 bits per heavy atom. The third-order valence-electron chi connectivity index (χ3n) is 3.97. The molecule has 4 nitrogen and oxygen atoms in total. The Morgan fingerprint density at radius 3 is 2.90 bits per heavy atom. The molecule has 0 saturated heterocycles. The van der Waals surface area contributed by atoms with Gasteiger partial charge in [-0.25, -0.2) is 15.0 Å². The first-order valence-electron chi connectivity index (χ1n) is 7.16. The van der Waals surface area contributed by atoms with Crippen molar-refractivity contribution in [2.24, 2.45) is 0 Å². The zero-order chi connectivity index (χ0) is 13.4. The highest BCUT2D eigenvalue weighted by atomic mass is 32.1. The van der Waals surface area contributed by atoms with Crippen LogP contribution < -0.4 is 5.32 Å². The molecule has 0 unspecified atom stereocenters. The van der Waals surface area contributed by atoms with Crippen LogP contribution in [0.2, 0.25) is 0 Å². The Labute approximate surface area is 121 Å². The van der Waals surface area contributed by atoms with Gasteiger partial charge in [-0.15, -0.1) is 11.3 Å². The lowest BCUT2D eigenvalue weighted by atomic mass is 9.95.